The van der Waals surface area contributed by atoms with Crippen LogP contribution in [-0.4, -0.2) is 34.5 Å². The summed E-state index contributed by atoms with van der Waals surface area (Å²) < 4.78 is 4.41. The first-order chi connectivity index (χ1) is 7.70. The summed E-state index contributed by atoms with van der Waals surface area (Å²) in [6, 6.07) is 1.05. The molecule has 0 amide bonds. The predicted octanol–water partition coefficient (Wildman–Crippen LogP) is 1.68. The molecule has 1 fully saturated rings. The Morgan fingerprint density at radius 3 is 3.06 bits per heavy atom. The molecule has 2 rings (SSSR count). The fraction of sp³-hybridized carbons (Fsp3) is 0.818. The summed E-state index contributed by atoms with van der Waals surface area (Å²) in [4.78, 5) is 6.99. The molecule has 4 nitrogen and oxygen atoms in total. The van der Waals surface area contributed by atoms with Crippen molar-refractivity contribution >= 4 is 16.7 Å². The number of aromatic nitrogens is 2. The van der Waals surface area contributed by atoms with E-state index in [1.165, 1.54) is 11.5 Å². The van der Waals surface area contributed by atoms with Crippen molar-refractivity contribution in [2.45, 2.75) is 45.7 Å². The molecule has 0 saturated carbocycles. The van der Waals surface area contributed by atoms with E-state index in [1.807, 2.05) is 0 Å². The molecule has 1 aliphatic heterocycles. The molecule has 0 radical (unpaired) electrons. The van der Waals surface area contributed by atoms with Crippen molar-refractivity contribution in [2.75, 3.05) is 18.0 Å². The first-order valence-corrected chi connectivity index (χ1v) is 6.80. The van der Waals surface area contributed by atoms with Crippen molar-refractivity contribution in [3.05, 3.63) is 5.82 Å². The van der Waals surface area contributed by atoms with E-state index in [9.17, 15) is 0 Å². The molecule has 0 aliphatic carbocycles. The monoisotopic (exact) mass is 240 g/mol. The van der Waals surface area contributed by atoms with Crippen LogP contribution in [0.1, 0.15) is 33.0 Å². The number of hydrogen-bond acceptors (Lipinski definition) is 5. The zero-order valence-corrected chi connectivity index (χ0v) is 11.0. The zero-order valence-electron chi connectivity index (χ0n) is 10.2. The Hall–Kier alpha value is -0.680. The fourth-order valence-corrected chi connectivity index (χ4v) is 2.80. The van der Waals surface area contributed by atoms with Crippen molar-refractivity contribution in [3.8, 4) is 0 Å². The molecule has 2 unspecified atom stereocenters. The average molecular weight is 240 g/mol. The van der Waals surface area contributed by atoms with Crippen LogP contribution in [0.2, 0.25) is 0 Å². The van der Waals surface area contributed by atoms with Crippen molar-refractivity contribution in [3.63, 3.8) is 0 Å². The van der Waals surface area contributed by atoms with Gasteiger partial charge in [0.1, 0.15) is 5.82 Å². The average Bonchev–Trinajstić information content (AvgIpc) is 2.71. The van der Waals surface area contributed by atoms with Crippen LogP contribution < -0.4 is 10.2 Å². The van der Waals surface area contributed by atoms with E-state index in [4.69, 9.17) is 0 Å². The number of hydrogen-bond donors (Lipinski definition) is 1. The highest BCUT2D eigenvalue weighted by molar-refractivity contribution is 7.09. The fourth-order valence-electron chi connectivity index (χ4n) is 1.97. The topological polar surface area (TPSA) is 41.1 Å². The molecule has 1 aromatic heterocycles. The Labute approximate surface area is 101 Å². The molecule has 1 N–H and O–H groups in total. The highest BCUT2D eigenvalue weighted by Gasteiger charge is 2.24. The number of nitrogens with one attached hydrogen (secondary N) is 1. The van der Waals surface area contributed by atoms with E-state index in [-0.39, 0.29) is 0 Å². The maximum atomic E-state index is 4.61. The third kappa shape index (κ3) is 2.52. The first kappa shape index (κ1) is 11.8. The molecule has 1 aromatic rings. The van der Waals surface area contributed by atoms with E-state index in [0.29, 0.717) is 12.1 Å². The quantitative estimate of drug-likeness (QED) is 0.872. The van der Waals surface area contributed by atoms with E-state index >= 15 is 0 Å². The number of piperazine rings is 1. The molecule has 2 heterocycles. The normalized spacial score (nSPS) is 26.1. The molecule has 5 heteroatoms. The Morgan fingerprint density at radius 1 is 1.50 bits per heavy atom. The second-order valence-electron chi connectivity index (χ2n) is 4.55. The van der Waals surface area contributed by atoms with E-state index in [0.717, 1.165) is 36.9 Å². The largest absolute Gasteiger partial charge is 0.341 e. The summed E-state index contributed by atoms with van der Waals surface area (Å²) in [6.45, 7) is 8.68. The van der Waals surface area contributed by atoms with Gasteiger partial charge in [-0.25, -0.2) is 4.98 Å². The molecular formula is C11H20N4S. The van der Waals surface area contributed by atoms with E-state index in [1.54, 1.807) is 0 Å². The first-order valence-electron chi connectivity index (χ1n) is 6.03. The van der Waals surface area contributed by atoms with Crippen LogP contribution in [0.4, 0.5) is 5.13 Å². The lowest BCUT2D eigenvalue weighted by Gasteiger charge is -2.37. The third-order valence-electron chi connectivity index (χ3n) is 2.94. The SMILES string of the molecule is CCCc1nsc(N2CC(C)NCC2C)n1. The summed E-state index contributed by atoms with van der Waals surface area (Å²) >= 11 is 1.54. The van der Waals surface area contributed by atoms with Gasteiger partial charge in [-0.05, 0) is 20.3 Å². The van der Waals surface area contributed by atoms with E-state index < -0.39 is 0 Å². The smallest absolute Gasteiger partial charge is 0.205 e. The molecule has 0 bridgehead atoms. The van der Waals surface area contributed by atoms with Crippen molar-refractivity contribution in [2.24, 2.45) is 0 Å². The van der Waals surface area contributed by atoms with Crippen LogP contribution in [0.3, 0.4) is 0 Å². The van der Waals surface area contributed by atoms with Gasteiger partial charge in [-0.2, -0.15) is 4.37 Å². The van der Waals surface area contributed by atoms with Gasteiger partial charge in [0.25, 0.3) is 0 Å². The molecule has 90 valence electrons. The van der Waals surface area contributed by atoms with Crippen LogP contribution in [0.15, 0.2) is 0 Å². The van der Waals surface area contributed by atoms with Gasteiger partial charge in [0, 0.05) is 43.1 Å². The van der Waals surface area contributed by atoms with Crippen LogP contribution >= 0.6 is 11.5 Å². The number of anilines is 1. The maximum Gasteiger partial charge on any atom is 0.205 e. The summed E-state index contributed by atoms with van der Waals surface area (Å²) in [6.07, 6.45) is 2.11. The highest BCUT2D eigenvalue weighted by atomic mass is 32.1. The third-order valence-corrected chi connectivity index (χ3v) is 3.73. The second kappa shape index (κ2) is 5.10. The van der Waals surface area contributed by atoms with Crippen LogP contribution in [0.5, 0.6) is 0 Å². The minimum absolute atomic E-state index is 0.513. The minimum atomic E-state index is 0.513. The minimum Gasteiger partial charge on any atom is -0.341 e. The molecule has 1 aliphatic rings. The van der Waals surface area contributed by atoms with Crippen LogP contribution in [0.25, 0.3) is 0 Å². The summed E-state index contributed by atoms with van der Waals surface area (Å²) in [5.74, 6) is 1.00. The molecule has 16 heavy (non-hydrogen) atoms. The van der Waals surface area contributed by atoms with Gasteiger partial charge >= 0.3 is 0 Å². The van der Waals surface area contributed by atoms with Gasteiger partial charge < -0.3 is 10.2 Å². The maximum absolute atomic E-state index is 4.61. The molecule has 2 atom stereocenters. The van der Waals surface area contributed by atoms with Crippen molar-refractivity contribution in [1.29, 1.82) is 0 Å². The predicted molar refractivity (Wildman–Crippen MR) is 68.2 cm³/mol. The van der Waals surface area contributed by atoms with Crippen molar-refractivity contribution < 1.29 is 0 Å². The molecule has 1 saturated heterocycles. The number of rotatable bonds is 3. The molecule has 0 spiro atoms. The van der Waals surface area contributed by atoms with Gasteiger partial charge in [-0.3, -0.25) is 0 Å². The number of nitrogens with zero attached hydrogens (tertiary/aromatic N) is 3. The van der Waals surface area contributed by atoms with Gasteiger partial charge in [0.2, 0.25) is 5.13 Å². The van der Waals surface area contributed by atoms with Crippen molar-refractivity contribution in [1.82, 2.24) is 14.7 Å². The van der Waals surface area contributed by atoms with E-state index in [2.05, 4.69) is 40.3 Å². The Balaban J connectivity index is 2.08. The van der Waals surface area contributed by atoms with Crippen LogP contribution in [0, 0.1) is 0 Å². The highest BCUT2D eigenvalue weighted by Crippen LogP contribution is 2.22. The summed E-state index contributed by atoms with van der Waals surface area (Å²) in [7, 11) is 0. The molecule has 0 aromatic carbocycles. The zero-order chi connectivity index (χ0) is 11.5. The lowest BCUT2D eigenvalue weighted by atomic mass is 10.1. The van der Waals surface area contributed by atoms with Gasteiger partial charge in [-0.1, -0.05) is 6.92 Å². The Kier molecular flexibility index (Phi) is 3.76. The number of aryl methyl sites for hydroxylation is 1. The lowest BCUT2D eigenvalue weighted by molar-refractivity contribution is 0.424. The van der Waals surface area contributed by atoms with Crippen LogP contribution in [-0.2, 0) is 6.42 Å². The summed E-state index contributed by atoms with van der Waals surface area (Å²) in [5.41, 5.74) is 0. The second-order valence-corrected chi connectivity index (χ2v) is 5.28. The lowest BCUT2D eigenvalue weighted by Crippen LogP contribution is -2.54. The van der Waals surface area contributed by atoms with Gasteiger partial charge in [-0.15, -0.1) is 0 Å². The Morgan fingerprint density at radius 2 is 2.31 bits per heavy atom. The van der Waals surface area contributed by atoms with Gasteiger partial charge in [0.05, 0.1) is 0 Å². The van der Waals surface area contributed by atoms with Gasteiger partial charge in [0.15, 0.2) is 0 Å². The Bertz CT molecular complexity index is 338. The summed E-state index contributed by atoms with van der Waals surface area (Å²) in [5, 5.41) is 4.57. The standard InChI is InChI=1S/C11H20N4S/c1-4-5-10-13-11(16-14-10)15-7-8(2)12-6-9(15)3/h8-9,12H,4-7H2,1-3H3. The molecular weight excluding hydrogens is 220 g/mol.